The molecule has 1 saturated heterocycles. The summed E-state index contributed by atoms with van der Waals surface area (Å²) in [6, 6.07) is 3.24. The number of allylic oxidation sites excluding steroid dienone is 2. The van der Waals surface area contributed by atoms with Crippen LogP contribution in [-0.4, -0.2) is 47.3 Å². The van der Waals surface area contributed by atoms with E-state index in [1.54, 1.807) is 12.1 Å². The molecule has 1 saturated carbocycles. The Morgan fingerprint density at radius 2 is 1.90 bits per heavy atom. The number of carboxylic acid groups (broad SMARTS) is 1. The Kier molecular flexibility index (Phi) is 4.94. The number of imide groups is 1. The first kappa shape index (κ1) is 19.6. The zero-order valence-corrected chi connectivity index (χ0v) is 17.3. The highest BCUT2D eigenvalue weighted by Crippen LogP contribution is 2.52. The van der Waals surface area contributed by atoms with E-state index in [2.05, 4.69) is 21.0 Å². The Balaban J connectivity index is 1.56. The van der Waals surface area contributed by atoms with Crippen LogP contribution in [0, 0.1) is 23.7 Å². The van der Waals surface area contributed by atoms with Crippen molar-refractivity contribution in [1.82, 2.24) is 5.01 Å². The summed E-state index contributed by atoms with van der Waals surface area (Å²) in [6.07, 6.45) is 5.27. The Labute approximate surface area is 175 Å². The Hall–Kier alpha value is -2.68. The van der Waals surface area contributed by atoms with E-state index >= 15 is 0 Å². The lowest BCUT2D eigenvalue weighted by Crippen LogP contribution is -2.28. The fraction of sp³-hybridized carbons (Fsp3) is 0.400. The van der Waals surface area contributed by atoms with E-state index in [1.165, 1.54) is 20.2 Å². The van der Waals surface area contributed by atoms with E-state index in [-0.39, 0.29) is 41.2 Å². The molecule has 2 fully saturated rings. The minimum Gasteiger partial charge on any atom is -0.493 e. The molecule has 0 aromatic heterocycles. The molecule has 2 bridgehead atoms. The van der Waals surface area contributed by atoms with Crippen LogP contribution in [0.25, 0.3) is 0 Å². The van der Waals surface area contributed by atoms with Gasteiger partial charge >= 0.3 is 5.97 Å². The van der Waals surface area contributed by atoms with Gasteiger partial charge in [0.1, 0.15) is 0 Å². The number of carbonyl (C=O) groups is 3. The van der Waals surface area contributed by atoms with E-state index < -0.39 is 12.1 Å². The zero-order chi connectivity index (χ0) is 20.9. The molecular formula is C20H19BrN2O6. The van der Waals surface area contributed by atoms with Crippen LogP contribution < -0.4 is 9.47 Å². The third kappa shape index (κ3) is 3.23. The van der Waals surface area contributed by atoms with Gasteiger partial charge in [0.05, 0.1) is 29.6 Å². The number of rotatable bonds is 6. The topological polar surface area (TPSA) is 106 Å². The highest BCUT2D eigenvalue weighted by Gasteiger charge is 2.59. The predicted octanol–water partition coefficient (Wildman–Crippen LogP) is 2.45. The van der Waals surface area contributed by atoms with Crippen LogP contribution in [0.4, 0.5) is 0 Å². The van der Waals surface area contributed by atoms with E-state index in [9.17, 15) is 14.4 Å². The largest absolute Gasteiger partial charge is 0.493 e. The summed E-state index contributed by atoms with van der Waals surface area (Å²) in [6.45, 7) is 1.41. The van der Waals surface area contributed by atoms with Gasteiger partial charge in [0.2, 0.25) is 0 Å². The summed E-state index contributed by atoms with van der Waals surface area (Å²) in [4.78, 5) is 36.4. The van der Waals surface area contributed by atoms with Crippen molar-refractivity contribution in [2.24, 2.45) is 28.8 Å². The lowest BCUT2D eigenvalue weighted by Gasteiger charge is -2.16. The van der Waals surface area contributed by atoms with Gasteiger partial charge in [-0.15, -0.1) is 0 Å². The second-order valence-corrected chi connectivity index (χ2v) is 8.22. The number of hydrogen-bond acceptors (Lipinski definition) is 6. The minimum atomic E-state index is -1.11. The Bertz CT molecular complexity index is 929. The van der Waals surface area contributed by atoms with Crippen molar-refractivity contribution in [3.8, 4) is 11.5 Å². The van der Waals surface area contributed by atoms with Crippen molar-refractivity contribution in [2.45, 2.75) is 19.4 Å². The van der Waals surface area contributed by atoms with Crippen LogP contribution in [0.2, 0.25) is 0 Å². The molecule has 1 N–H and O–H groups in total. The summed E-state index contributed by atoms with van der Waals surface area (Å²) in [5, 5.41) is 14.2. The van der Waals surface area contributed by atoms with Crippen molar-refractivity contribution >= 4 is 39.9 Å². The van der Waals surface area contributed by atoms with E-state index in [0.717, 1.165) is 11.4 Å². The maximum absolute atomic E-state index is 12.7. The van der Waals surface area contributed by atoms with Gasteiger partial charge < -0.3 is 14.6 Å². The van der Waals surface area contributed by atoms with Crippen molar-refractivity contribution in [2.75, 3.05) is 7.11 Å². The highest BCUT2D eigenvalue weighted by atomic mass is 79.9. The van der Waals surface area contributed by atoms with Crippen LogP contribution in [0.15, 0.2) is 33.9 Å². The van der Waals surface area contributed by atoms with Crippen molar-refractivity contribution < 1.29 is 29.0 Å². The first-order chi connectivity index (χ1) is 13.8. The van der Waals surface area contributed by atoms with Crippen molar-refractivity contribution in [3.63, 3.8) is 0 Å². The molecule has 2 aliphatic carbocycles. The number of benzene rings is 1. The molecule has 1 aromatic rings. The molecule has 1 aromatic carbocycles. The molecule has 0 radical (unpaired) electrons. The SMILES string of the molecule is COc1cc(C=NN2C(=O)[C@@H]3[C@H](C2=O)[C@H]2C=C[C@H]3C2)cc(Br)c1O[C@@H](C)C(=O)O. The molecule has 9 heteroatoms. The van der Waals surface area contributed by atoms with Gasteiger partial charge in [-0.25, -0.2) is 4.79 Å². The third-order valence-corrected chi connectivity index (χ3v) is 6.25. The van der Waals surface area contributed by atoms with Gasteiger partial charge in [0.25, 0.3) is 11.8 Å². The summed E-state index contributed by atoms with van der Waals surface area (Å²) >= 11 is 3.34. The molecular weight excluding hydrogens is 444 g/mol. The average molecular weight is 463 g/mol. The predicted molar refractivity (Wildman–Crippen MR) is 106 cm³/mol. The number of fused-ring (bicyclic) bond motifs is 5. The van der Waals surface area contributed by atoms with Gasteiger partial charge in [-0.3, -0.25) is 9.59 Å². The van der Waals surface area contributed by atoms with Gasteiger partial charge in [0.15, 0.2) is 17.6 Å². The van der Waals surface area contributed by atoms with Crippen molar-refractivity contribution in [3.05, 3.63) is 34.3 Å². The number of hydrogen-bond donors (Lipinski definition) is 1. The smallest absolute Gasteiger partial charge is 0.344 e. The molecule has 2 amide bonds. The summed E-state index contributed by atoms with van der Waals surface area (Å²) in [7, 11) is 1.43. The fourth-order valence-corrected chi connectivity index (χ4v) is 4.83. The number of methoxy groups -OCH3 is 1. The number of carboxylic acids is 1. The zero-order valence-electron chi connectivity index (χ0n) is 15.7. The maximum Gasteiger partial charge on any atom is 0.344 e. The van der Waals surface area contributed by atoms with Crippen LogP contribution in [0.5, 0.6) is 11.5 Å². The van der Waals surface area contributed by atoms with Crippen LogP contribution in [0.1, 0.15) is 18.9 Å². The average Bonchev–Trinajstić information content (AvgIpc) is 3.36. The highest BCUT2D eigenvalue weighted by molar-refractivity contribution is 9.10. The second kappa shape index (κ2) is 7.29. The maximum atomic E-state index is 12.7. The van der Waals surface area contributed by atoms with E-state index in [4.69, 9.17) is 14.6 Å². The first-order valence-corrected chi connectivity index (χ1v) is 9.98. The standard InChI is InChI=1S/C20H19BrN2O6/c1-9(20(26)27)29-17-13(21)5-10(6-14(17)28-2)8-22-23-18(24)15-11-3-4-12(7-11)16(15)19(23)25/h3-6,8-9,11-12,15-16H,7H2,1-2H3,(H,26,27)/t9-,11-,12-,15-,16+/m0/s1. The molecule has 1 aliphatic heterocycles. The summed E-state index contributed by atoms with van der Waals surface area (Å²) in [5.41, 5.74) is 0.558. The molecule has 3 aliphatic rings. The summed E-state index contributed by atoms with van der Waals surface area (Å²) in [5.74, 6) is -1.42. The van der Waals surface area contributed by atoms with Gasteiger partial charge in [0, 0.05) is 0 Å². The molecule has 29 heavy (non-hydrogen) atoms. The Morgan fingerprint density at radius 3 is 2.45 bits per heavy atom. The normalized spacial score (nSPS) is 28.3. The van der Waals surface area contributed by atoms with Gasteiger partial charge in [-0.2, -0.15) is 10.1 Å². The second-order valence-electron chi connectivity index (χ2n) is 7.37. The number of amides is 2. The number of halogens is 1. The number of aliphatic carboxylic acids is 1. The Morgan fingerprint density at radius 1 is 1.28 bits per heavy atom. The van der Waals surface area contributed by atoms with E-state index in [1.807, 2.05) is 12.2 Å². The third-order valence-electron chi connectivity index (χ3n) is 5.66. The van der Waals surface area contributed by atoms with Crippen LogP contribution in [-0.2, 0) is 14.4 Å². The number of ether oxygens (including phenoxy) is 2. The van der Waals surface area contributed by atoms with Gasteiger partial charge in [-0.1, -0.05) is 12.2 Å². The molecule has 1 heterocycles. The molecule has 5 atom stereocenters. The van der Waals surface area contributed by atoms with Crippen molar-refractivity contribution in [1.29, 1.82) is 0 Å². The fourth-order valence-electron chi connectivity index (χ4n) is 4.28. The molecule has 0 spiro atoms. The quantitative estimate of drug-likeness (QED) is 0.395. The number of hydrazone groups is 1. The number of nitrogens with zero attached hydrogens (tertiary/aromatic N) is 2. The van der Waals surface area contributed by atoms with E-state index in [0.29, 0.717) is 15.8 Å². The van der Waals surface area contributed by atoms with Crippen LogP contribution in [0.3, 0.4) is 0 Å². The molecule has 0 unspecified atom stereocenters. The lowest BCUT2D eigenvalue weighted by molar-refractivity contribution is -0.144. The number of carbonyl (C=O) groups excluding carboxylic acids is 2. The minimum absolute atomic E-state index is 0.128. The first-order valence-electron chi connectivity index (χ1n) is 9.19. The van der Waals surface area contributed by atoms with Crippen LogP contribution >= 0.6 is 15.9 Å². The monoisotopic (exact) mass is 462 g/mol. The lowest BCUT2D eigenvalue weighted by atomic mass is 9.85. The summed E-state index contributed by atoms with van der Waals surface area (Å²) < 4.78 is 11.2. The molecule has 4 rings (SSSR count). The molecule has 8 nitrogen and oxygen atoms in total. The van der Waals surface area contributed by atoms with Gasteiger partial charge in [-0.05, 0) is 58.8 Å². The molecule has 152 valence electrons.